The van der Waals surface area contributed by atoms with Gasteiger partial charge in [-0.2, -0.15) is 0 Å². The molecule has 0 saturated carbocycles. The van der Waals surface area contributed by atoms with Gasteiger partial charge in [0.25, 0.3) is 0 Å². The molecule has 0 bridgehead atoms. The number of fused-ring (bicyclic) bond motifs is 3. The number of allylic oxidation sites excluding steroid dienone is 4. The van der Waals surface area contributed by atoms with E-state index in [9.17, 15) is 0 Å². The van der Waals surface area contributed by atoms with Crippen LogP contribution in [0.4, 0.5) is 0 Å². The minimum Gasteiger partial charge on any atom is -1.00 e. The van der Waals surface area contributed by atoms with Gasteiger partial charge in [0.05, 0.1) is 0 Å². The van der Waals surface area contributed by atoms with E-state index in [1.807, 2.05) is 24.3 Å². The second kappa shape index (κ2) is 14.4. The summed E-state index contributed by atoms with van der Waals surface area (Å²) in [5.41, 5.74) is 14.0. The molecule has 0 heterocycles. The Bertz CT molecular complexity index is 1900. The van der Waals surface area contributed by atoms with Crippen LogP contribution >= 0.6 is 23.2 Å². The maximum absolute atomic E-state index is 6.47. The second-order valence-corrected chi connectivity index (χ2v) is 25.2. The van der Waals surface area contributed by atoms with E-state index in [0.717, 1.165) is 10.0 Å². The Morgan fingerprint density at radius 2 is 1.00 bits per heavy atom. The van der Waals surface area contributed by atoms with Gasteiger partial charge >= 0.3 is 293 Å². The topological polar surface area (TPSA) is 0 Å². The monoisotopic (exact) mass is 792 g/mol. The van der Waals surface area contributed by atoms with Gasteiger partial charge < -0.3 is 24.8 Å². The Labute approximate surface area is 314 Å². The molecule has 2 aliphatic carbocycles. The van der Waals surface area contributed by atoms with Crippen molar-refractivity contribution in [3.63, 3.8) is 0 Å². The van der Waals surface area contributed by atoms with Crippen LogP contribution in [-0.4, -0.2) is 7.42 Å². The fourth-order valence-electron chi connectivity index (χ4n) is 7.75. The average molecular weight is 796 g/mol. The largest absolute Gasteiger partial charge is 1.00 e. The van der Waals surface area contributed by atoms with Crippen LogP contribution < -0.4 is 24.8 Å². The minimum absolute atomic E-state index is 0. The van der Waals surface area contributed by atoms with Gasteiger partial charge in [-0.15, -0.1) is 0 Å². The Balaban J connectivity index is 0.00000260. The second-order valence-electron chi connectivity index (χ2n) is 15.5. The number of halogens is 4. The van der Waals surface area contributed by atoms with Crippen LogP contribution in [0.5, 0.6) is 0 Å². The van der Waals surface area contributed by atoms with Crippen molar-refractivity contribution >= 4 is 30.6 Å². The summed E-state index contributed by atoms with van der Waals surface area (Å²) in [6.45, 7) is 21.1. The van der Waals surface area contributed by atoms with Crippen LogP contribution in [0.3, 0.4) is 0 Å². The molecule has 0 N–H and O–H groups in total. The fraction of sp³-hybridized carbons (Fsp3) is 0.302. The van der Waals surface area contributed by atoms with Crippen molar-refractivity contribution in [2.75, 3.05) is 0 Å². The van der Waals surface area contributed by atoms with Crippen LogP contribution in [0.1, 0.15) is 99.3 Å². The smallest absolute Gasteiger partial charge is 1.00 e. The molecule has 5 heteroatoms. The molecule has 0 fully saturated rings. The molecule has 6 rings (SSSR count). The summed E-state index contributed by atoms with van der Waals surface area (Å²) in [6, 6.07) is 31.7. The van der Waals surface area contributed by atoms with E-state index >= 15 is 0 Å². The summed E-state index contributed by atoms with van der Waals surface area (Å²) >= 11 is 8.98. The van der Waals surface area contributed by atoms with Crippen molar-refractivity contribution in [2.45, 2.75) is 76.8 Å². The Hall–Kier alpha value is -1.86. The quantitative estimate of drug-likeness (QED) is 0.225. The molecule has 0 aliphatic heterocycles. The first kappa shape index (κ1) is 38.9. The molecule has 48 heavy (non-hydrogen) atoms. The van der Waals surface area contributed by atoms with Gasteiger partial charge in [-0.3, -0.25) is 0 Å². The van der Waals surface area contributed by atoms with Crippen molar-refractivity contribution in [1.29, 1.82) is 0 Å². The number of hydrogen-bond donors (Lipinski definition) is 0. The van der Waals surface area contributed by atoms with Gasteiger partial charge in [0.1, 0.15) is 0 Å². The summed E-state index contributed by atoms with van der Waals surface area (Å²) in [7, 11) is 0. The van der Waals surface area contributed by atoms with Crippen molar-refractivity contribution in [3.05, 3.63) is 149 Å². The molecule has 0 spiro atoms. The van der Waals surface area contributed by atoms with Crippen LogP contribution in [0.2, 0.25) is 10.0 Å². The average Bonchev–Trinajstić information content (AvgIpc) is 3.45. The van der Waals surface area contributed by atoms with Crippen molar-refractivity contribution < 1.29 is 44.1 Å². The molecule has 0 saturated heterocycles. The minimum atomic E-state index is -3.96. The van der Waals surface area contributed by atoms with Gasteiger partial charge in [-0.25, -0.2) is 0 Å². The molecule has 4 aromatic rings. The SMILES string of the molecule is CC1=CC(C)[C]([Zr+2](=[CH]c2ccc(Cl)cc2)(=[CH]c2ccc(Cl)cc2)[CH]2c3cc(C(C)(C)C)ccc3-c3ccc(C(C)(C)C)cc32)=C1C.[Cl-].[Cl-]. The predicted octanol–water partition coefficient (Wildman–Crippen LogP) is 6.39. The third-order valence-electron chi connectivity index (χ3n) is 10.2. The third-order valence-corrected chi connectivity index (χ3v) is 22.9. The van der Waals surface area contributed by atoms with Gasteiger partial charge in [0, 0.05) is 0 Å². The summed E-state index contributed by atoms with van der Waals surface area (Å²) in [4.78, 5) is 0. The Morgan fingerprint density at radius 1 is 0.604 bits per heavy atom. The zero-order valence-corrected chi connectivity index (χ0v) is 35.0. The number of benzene rings is 4. The van der Waals surface area contributed by atoms with E-state index in [2.05, 4.69) is 136 Å². The molecule has 1 atom stereocenters. The maximum atomic E-state index is 6.47. The molecule has 0 radical (unpaired) electrons. The zero-order valence-electron chi connectivity index (χ0n) is 29.5. The first-order chi connectivity index (χ1) is 21.6. The normalized spacial score (nSPS) is 15.4. The van der Waals surface area contributed by atoms with Gasteiger partial charge in [0.15, 0.2) is 0 Å². The van der Waals surface area contributed by atoms with E-state index in [4.69, 9.17) is 23.2 Å². The van der Waals surface area contributed by atoms with E-state index in [1.165, 1.54) is 55.7 Å². The molecule has 1 unspecified atom stereocenters. The molecule has 0 aromatic heterocycles. The predicted molar refractivity (Wildman–Crippen MR) is 200 cm³/mol. The summed E-state index contributed by atoms with van der Waals surface area (Å²) < 4.78 is 7.38. The van der Waals surface area contributed by atoms with Crippen LogP contribution in [0.25, 0.3) is 11.1 Å². The van der Waals surface area contributed by atoms with E-state index < -0.39 is 19.3 Å². The van der Waals surface area contributed by atoms with Crippen LogP contribution in [0.15, 0.2) is 105 Å². The van der Waals surface area contributed by atoms with Gasteiger partial charge in [0.2, 0.25) is 0 Å². The first-order valence-electron chi connectivity index (χ1n) is 16.5. The van der Waals surface area contributed by atoms with Gasteiger partial charge in [-0.05, 0) is 0 Å². The van der Waals surface area contributed by atoms with Gasteiger partial charge in [-0.1, -0.05) is 0 Å². The summed E-state index contributed by atoms with van der Waals surface area (Å²) in [5, 5.41) is 1.53. The summed E-state index contributed by atoms with van der Waals surface area (Å²) in [6.07, 6.45) is 2.50. The molecule has 0 nitrogen and oxygen atoms in total. The van der Waals surface area contributed by atoms with E-state index in [-0.39, 0.29) is 39.3 Å². The summed E-state index contributed by atoms with van der Waals surface area (Å²) in [5.74, 6) is 0.354. The Kier molecular flexibility index (Phi) is 11.7. The van der Waals surface area contributed by atoms with E-state index in [0.29, 0.717) is 5.92 Å². The molecule has 4 aromatic carbocycles. The maximum Gasteiger partial charge on any atom is -1.00 e. The third kappa shape index (κ3) is 7.29. The first-order valence-corrected chi connectivity index (χ1v) is 22.7. The zero-order chi connectivity index (χ0) is 33.2. The molecule has 2 aliphatic rings. The van der Waals surface area contributed by atoms with E-state index in [1.54, 1.807) is 3.28 Å². The number of rotatable bonds is 4. The standard InChI is InChI=1S/C21H25.C8H11.2C7H5Cl.2ClH.Zr/c1-20(2,3)16-7-9-18-14(12-16)11-15-13-17(21(4,5)6)8-10-19(15)18;1-6-4-7(2)8(3)5-6;2*1-6-2-4-7(8)5-3-6;;;/h7-13H,1-6H3;4,6H,1-3H3;2*1-5H;2*1H;/q;;;;;;+2/p-2. The number of hydrogen-bond acceptors (Lipinski definition) is 0. The molecule has 250 valence electrons. The molecular formula is C43H46Cl4Zr. The van der Waals surface area contributed by atoms with Crippen molar-refractivity contribution in [1.82, 2.24) is 0 Å². The molecular weight excluding hydrogens is 750 g/mol. The van der Waals surface area contributed by atoms with Crippen LogP contribution in [-0.2, 0) is 30.1 Å². The fourth-order valence-corrected chi connectivity index (χ4v) is 22.1. The van der Waals surface area contributed by atoms with Crippen molar-refractivity contribution in [2.24, 2.45) is 5.92 Å². The Morgan fingerprint density at radius 3 is 1.33 bits per heavy atom. The molecule has 0 amide bonds. The van der Waals surface area contributed by atoms with Crippen molar-refractivity contribution in [3.8, 4) is 11.1 Å². The van der Waals surface area contributed by atoms with Crippen LogP contribution in [0, 0.1) is 5.92 Å².